The normalized spacial score (nSPS) is 11.5. The molecule has 0 bridgehead atoms. The maximum Gasteiger partial charge on any atom is 0.287 e. The van der Waals surface area contributed by atoms with E-state index in [0.29, 0.717) is 16.6 Å². The minimum absolute atomic E-state index is 0.0147. The van der Waals surface area contributed by atoms with Crippen molar-refractivity contribution in [1.82, 2.24) is 4.98 Å². The van der Waals surface area contributed by atoms with E-state index in [1.54, 1.807) is 18.2 Å². The van der Waals surface area contributed by atoms with Crippen LogP contribution in [0.1, 0.15) is 0 Å². The van der Waals surface area contributed by atoms with E-state index in [1.807, 2.05) is 0 Å². The molecule has 8 heteroatoms. The molecule has 0 saturated carbocycles. The van der Waals surface area contributed by atoms with Crippen LogP contribution in [0.4, 0.5) is 5.69 Å². The van der Waals surface area contributed by atoms with Gasteiger partial charge in [0.15, 0.2) is 0 Å². The lowest BCUT2D eigenvalue weighted by molar-refractivity contribution is 0.599. The van der Waals surface area contributed by atoms with Crippen molar-refractivity contribution in [1.29, 1.82) is 0 Å². The first kappa shape index (κ1) is 11.3. The summed E-state index contributed by atoms with van der Waals surface area (Å²) >= 11 is 0. The predicted molar refractivity (Wildman–Crippen MR) is 65.7 cm³/mol. The van der Waals surface area contributed by atoms with Crippen molar-refractivity contribution in [3.63, 3.8) is 0 Å². The van der Waals surface area contributed by atoms with Gasteiger partial charge in [-0.1, -0.05) is 0 Å². The van der Waals surface area contributed by atoms with Crippen molar-refractivity contribution < 1.29 is 8.42 Å². The van der Waals surface area contributed by atoms with Gasteiger partial charge in [-0.3, -0.25) is 0 Å². The predicted octanol–water partition coefficient (Wildman–Crippen LogP) is -0.288. The minimum atomic E-state index is -3.89. The summed E-state index contributed by atoms with van der Waals surface area (Å²) in [6, 6.07) is 4.82. The fourth-order valence-electron chi connectivity index (χ4n) is 1.52. The number of guanidine groups is 1. The summed E-state index contributed by atoms with van der Waals surface area (Å²) in [5, 5.41) is 0.490. The number of fused-ring (bicyclic) bond motifs is 1. The van der Waals surface area contributed by atoms with E-state index in [-0.39, 0.29) is 4.90 Å². The molecule has 17 heavy (non-hydrogen) atoms. The third kappa shape index (κ3) is 2.02. The monoisotopic (exact) mass is 253 g/mol. The molecule has 90 valence electrons. The third-order valence-corrected chi connectivity index (χ3v) is 3.52. The van der Waals surface area contributed by atoms with E-state index >= 15 is 0 Å². The quantitative estimate of drug-likeness (QED) is 0.331. The molecule has 1 heterocycles. The number of benzene rings is 1. The van der Waals surface area contributed by atoms with E-state index in [0.717, 1.165) is 0 Å². The second-order valence-corrected chi connectivity index (χ2v) is 5.02. The summed E-state index contributed by atoms with van der Waals surface area (Å²) in [7, 11) is -3.89. The molecule has 7 N–H and O–H groups in total. The van der Waals surface area contributed by atoms with E-state index in [2.05, 4.69) is 9.38 Å². The zero-order valence-electron chi connectivity index (χ0n) is 8.71. The number of sulfonamides is 1. The molecule has 0 aliphatic carbocycles. The number of nitrogens with two attached hydrogens (primary N) is 3. The Kier molecular flexibility index (Phi) is 2.43. The van der Waals surface area contributed by atoms with Crippen molar-refractivity contribution in [3.05, 3.63) is 24.4 Å². The number of aromatic amines is 1. The van der Waals surface area contributed by atoms with Crippen molar-refractivity contribution in [2.75, 3.05) is 5.73 Å². The fourth-order valence-corrected chi connectivity index (χ4v) is 2.56. The first-order valence-electron chi connectivity index (χ1n) is 4.63. The lowest BCUT2D eigenvalue weighted by Crippen LogP contribution is -2.24. The minimum Gasteiger partial charge on any atom is -0.399 e. The van der Waals surface area contributed by atoms with Gasteiger partial charge in [-0.15, -0.1) is 4.40 Å². The molecule has 7 nitrogen and oxygen atoms in total. The highest BCUT2D eigenvalue weighted by molar-refractivity contribution is 7.90. The van der Waals surface area contributed by atoms with Crippen molar-refractivity contribution in [3.8, 4) is 0 Å². The van der Waals surface area contributed by atoms with Crippen LogP contribution in [0.25, 0.3) is 10.9 Å². The molecule has 1 aromatic heterocycles. The molecule has 0 radical (unpaired) electrons. The molecule has 2 aromatic rings. The van der Waals surface area contributed by atoms with Crippen LogP contribution in [0.15, 0.2) is 33.7 Å². The maximum absolute atomic E-state index is 11.8. The second kappa shape index (κ2) is 3.67. The number of H-pyrrole nitrogens is 1. The molecule has 0 unspecified atom stereocenters. The molecule has 0 saturated heterocycles. The SMILES string of the molecule is NC(N)=NS(=O)(=O)c1c[nH]c2cc(N)ccc12. The molecule has 2 rings (SSSR count). The number of rotatable bonds is 2. The second-order valence-electron chi connectivity index (χ2n) is 3.45. The highest BCUT2D eigenvalue weighted by Gasteiger charge is 2.18. The van der Waals surface area contributed by atoms with Crippen LogP contribution < -0.4 is 17.2 Å². The van der Waals surface area contributed by atoms with Gasteiger partial charge in [-0.25, -0.2) is 0 Å². The van der Waals surface area contributed by atoms with Gasteiger partial charge in [0.1, 0.15) is 4.90 Å². The van der Waals surface area contributed by atoms with E-state index < -0.39 is 16.0 Å². The van der Waals surface area contributed by atoms with Crippen LogP contribution in [0.3, 0.4) is 0 Å². The topological polar surface area (TPSA) is 140 Å². The highest BCUT2D eigenvalue weighted by atomic mass is 32.2. The Morgan fingerprint density at radius 2 is 2.00 bits per heavy atom. The zero-order chi connectivity index (χ0) is 12.6. The van der Waals surface area contributed by atoms with Gasteiger partial charge in [-0.2, -0.15) is 8.42 Å². The number of hydrogen-bond donors (Lipinski definition) is 4. The Bertz CT molecular complexity index is 697. The van der Waals surface area contributed by atoms with Gasteiger partial charge in [0.2, 0.25) is 5.96 Å². The van der Waals surface area contributed by atoms with Crippen molar-refractivity contribution in [2.24, 2.45) is 15.9 Å². The van der Waals surface area contributed by atoms with Crippen LogP contribution in [0.5, 0.6) is 0 Å². The summed E-state index contributed by atoms with van der Waals surface area (Å²) in [6.45, 7) is 0. The zero-order valence-corrected chi connectivity index (χ0v) is 9.53. The van der Waals surface area contributed by atoms with Crippen molar-refractivity contribution >= 4 is 32.6 Å². The molecule has 0 aliphatic heterocycles. The average Bonchev–Trinajstić information content (AvgIpc) is 2.58. The fraction of sp³-hybridized carbons (Fsp3) is 0. The van der Waals surface area contributed by atoms with Crippen LogP contribution >= 0.6 is 0 Å². The molecule has 0 fully saturated rings. The Hall–Kier alpha value is -2.22. The van der Waals surface area contributed by atoms with Gasteiger partial charge in [0, 0.05) is 22.8 Å². The first-order chi connectivity index (χ1) is 7.90. The van der Waals surface area contributed by atoms with Crippen LogP contribution in [0.2, 0.25) is 0 Å². The molecule has 1 aromatic carbocycles. The smallest absolute Gasteiger partial charge is 0.287 e. The van der Waals surface area contributed by atoms with Crippen molar-refractivity contribution in [2.45, 2.75) is 4.90 Å². The van der Waals surface area contributed by atoms with Gasteiger partial charge in [0.25, 0.3) is 10.0 Å². The number of nitrogens with zero attached hydrogens (tertiary/aromatic N) is 1. The summed E-state index contributed by atoms with van der Waals surface area (Å²) in [6.07, 6.45) is 1.33. The van der Waals surface area contributed by atoms with E-state index in [9.17, 15) is 8.42 Å². The van der Waals surface area contributed by atoms with Crippen LogP contribution in [-0.4, -0.2) is 19.4 Å². The highest BCUT2D eigenvalue weighted by Crippen LogP contribution is 2.25. The number of nitrogens with one attached hydrogen (secondary N) is 1. The number of anilines is 1. The van der Waals surface area contributed by atoms with Crippen LogP contribution in [0, 0.1) is 0 Å². The standard InChI is InChI=1S/C9H11N5O2S/c10-5-1-2-6-7(3-5)13-4-8(6)17(15,16)14-9(11)12/h1-4,13H,10H2,(H4,11,12,14). The summed E-state index contributed by atoms with van der Waals surface area (Å²) in [5.41, 5.74) is 16.9. The summed E-state index contributed by atoms with van der Waals surface area (Å²) in [5.74, 6) is -0.505. The van der Waals surface area contributed by atoms with Gasteiger partial charge < -0.3 is 22.2 Å². The Balaban J connectivity index is 2.69. The molecule has 0 aliphatic rings. The Morgan fingerprint density at radius 3 is 2.65 bits per heavy atom. The molecule has 0 spiro atoms. The molecule has 0 amide bonds. The largest absolute Gasteiger partial charge is 0.399 e. The Morgan fingerprint density at radius 1 is 1.29 bits per heavy atom. The summed E-state index contributed by atoms with van der Waals surface area (Å²) < 4.78 is 26.8. The molecular weight excluding hydrogens is 242 g/mol. The van der Waals surface area contributed by atoms with Gasteiger partial charge >= 0.3 is 0 Å². The maximum atomic E-state index is 11.8. The van der Waals surface area contributed by atoms with Gasteiger partial charge in [0.05, 0.1) is 0 Å². The lowest BCUT2D eigenvalue weighted by Gasteiger charge is -1.98. The van der Waals surface area contributed by atoms with E-state index in [4.69, 9.17) is 17.2 Å². The Labute approximate surface area is 97.4 Å². The van der Waals surface area contributed by atoms with Crippen LogP contribution in [-0.2, 0) is 10.0 Å². The van der Waals surface area contributed by atoms with E-state index in [1.165, 1.54) is 6.20 Å². The number of nitrogen functional groups attached to an aromatic ring is 1. The summed E-state index contributed by atoms with van der Waals surface area (Å²) in [4.78, 5) is 2.81. The average molecular weight is 253 g/mol. The molecular formula is C9H11N5O2S. The number of aromatic nitrogens is 1. The first-order valence-corrected chi connectivity index (χ1v) is 6.07. The van der Waals surface area contributed by atoms with Gasteiger partial charge in [-0.05, 0) is 18.2 Å². The molecule has 0 atom stereocenters. The lowest BCUT2D eigenvalue weighted by atomic mass is 10.2. The number of hydrogen-bond acceptors (Lipinski definition) is 3. The third-order valence-electron chi connectivity index (χ3n) is 2.17.